The van der Waals surface area contributed by atoms with Crippen molar-refractivity contribution in [2.24, 2.45) is 5.10 Å². The van der Waals surface area contributed by atoms with Crippen LogP contribution in [0.15, 0.2) is 73.4 Å². The van der Waals surface area contributed by atoms with Crippen LogP contribution in [-0.2, 0) is 12.0 Å². The van der Waals surface area contributed by atoms with Gasteiger partial charge < -0.3 is 9.47 Å². The summed E-state index contributed by atoms with van der Waals surface area (Å²) in [4.78, 5) is 18.1. The van der Waals surface area contributed by atoms with Gasteiger partial charge in [-0.25, -0.2) is 9.37 Å². The maximum atomic E-state index is 14.0. The summed E-state index contributed by atoms with van der Waals surface area (Å²) in [7, 11) is 1.52. The normalized spacial score (nSPS) is 11.9. The van der Waals surface area contributed by atoms with Crippen LogP contribution in [0.1, 0.15) is 37.7 Å². The van der Waals surface area contributed by atoms with E-state index in [4.69, 9.17) is 14.5 Å². The zero-order valence-corrected chi connectivity index (χ0v) is 23.4. The molecule has 4 rings (SSSR count). The molecule has 4 aromatic rings. The zero-order chi connectivity index (χ0) is 26.0. The first-order valence-corrected chi connectivity index (χ1v) is 12.7. The molecule has 0 aliphatic heterocycles. The highest BCUT2D eigenvalue weighted by Gasteiger charge is 2.23. The van der Waals surface area contributed by atoms with Crippen molar-refractivity contribution >= 4 is 49.0 Å². The summed E-state index contributed by atoms with van der Waals surface area (Å²) in [5.74, 6) is 1.07. The molecule has 0 aliphatic carbocycles. The molecule has 9 heteroatoms. The predicted octanol–water partition coefficient (Wildman–Crippen LogP) is 6.83. The monoisotopic (exact) mass is 615 g/mol. The fraction of sp³-hybridized carbons (Fsp3) is 0.222. The lowest BCUT2D eigenvalue weighted by Crippen LogP contribution is -2.29. The Labute approximate surface area is 225 Å². The number of nitrogens with zero attached hydrogens (tertiary/aromatic N) is 3. The average Bonchev–Trinajstić information content (AvgIpc) is 2.83. The van der Waals surface area contributed by atoms with Crippen LogP contribution in [0.4, 0.5) is 4.39 Å². The van der Waals surface area contributed by atoms with Gasteiger partial charge in [0.25, 0.3) is 5.56 Å². The van der Waals surface area contributed by atoms with E-state index in [9.17, 15) is 9.18 Å². The number of benzene rings is 3. The molecular weight excluding hydrogens is 593 g/mol. The Morgan fingerprint density at radius 1 is 1.11 bits per heavy atom. The molecule has 36 heavy (non-hydrogen) atoms. The Bertz CT molecular complexity index is 1530. The SMILES string of the molecule is COc1cc(C=Nn2c(C(C)(C)C)nc3ccc(Br)cc3c2=O)cc(Br)c1OCc1ccccc1F. The van der Waals surface area contributed by atoms with E-state index in [-0.39, 0.29) is 18.0 Å². The highest BCUT2D eigenvalue weighted by molar-refractivity contribution is 9.10. The third-order valence-corrected chi connectivity index (χ3v) is 6.47. The van der Waals surface area contributed by atoms with Crippen LogP contribution >= 0.6 is 31.9 Å². The summed E-state index contributed by atoms with van der Waals surface area (Å²) in [6.45, 7) is 5.98. The van der Waals surface area contributed by atoms with E-state index in [0.29, 0.717) is 43.8 Å². The van der Waals surface area contributed by atoms with Gasteiger partial charge in [0.05, 0.1) is 28.7 Å². The van der Waals surface area contributed by atoms with Crippen molar-refractivity contribution in [2.75, 3.05) is 7.11 Å². The van der Waals surface area contributed by atoms with E-state index in [1.54, 1.807) is 42.6 Å². The van der Waals surface area contributed by atoms with Gasteiger partial charge in [0, 0.05) is 15.5 Å². The Morgan fingerprint density at radius 2 is 1.86 bits per heavy atom. The molecule has 0 unspecified atom stereocenters. The van der Waals surface area contributed by atoms with E-state index in [2.05, 4.69) is 37.0 Å². The summed E-state index contributed by atoms with van der Waals surface area (Å²) in [6.07, 6.45) is 1.57. The first kappa shape index (κ1) is 26.0. The second kappa shape index (κ2) is 10.5. The molecule has 0 atom stereocenters. The van der Waals surface area contributed by atoms with Gasteiger partial charge in [-0.2, -0.15) is 9.78 Å². The molecule has 1 heterocycles. The predicted molar refractivity (Wildman–Crippen MR) is 147 cm³/mol. The largest absolute Gasteiger partial charge is 0.493 e. The molecule has 0 aliphatic rings. The van der Waals surface area contributed by atoms with Crippen molar-refractivity contribution in [2.45, 2.75) is 32.8 Å². The van der Waals surface area contributed by atoms with Gasteiger partial charge in [-0.05, 0) is 57.9 Å². The van der Waals surface area contributed by atoms with Crippen molar-refractivity contribution in [1.82, 2.24) is 9.66 Å². The number of hydrogen-bond acceptors (Lipinski definition) is 5. The minimum atomic E-state index is -0.430. The molecule has 3 aromatic carbocycles. The highest BCUT2D eigenvalue weighted by atomic mass is 79.9. The quantitative estimate of drug-likeness (QED) is 0.223. The first-order valence-electron chi connectivity index (χ1n) is 11.1. The Kier molecular flexibility index (Phi) is 7.61. The van der Waals surface area contributed by atoms with Gasteiger partial charge in [-0.1, -0.05) is 54.9 Å². The van der Waals surface area contributed by atoms with E-state index in [0.717, 1.165) is 4.47 Å². The van der Waals surface area contributed by atoms with Crippen molar-refractivity contribution in [3.63, 3.8) is 0 Å². The topological polar surface area (TPSA) is 65.7 Å². The molecule has 0 spiro atoms. The van der Waals surface area contributed by atoms with Gasteiger partial charge in [-0.3, -0.25) is 4.79 Å². The van der Waals surface area contributed by atoms with Gasteiger partial charge in [-0.15, -0.1) is 0 Å². The number of aromatic nitrogens is 2. The maximum Gasteiger partial charge on any atom is 0.282 e. The van der Waals surface area contributed by atoms with Crippen LogP contribution in [0.3, 0.4) is 0 Å². The van der Waals surface area contributed by atoms with Crippen LogP contribution in [-0.4, -0.2) is 23.0 Å². The lowest BCUT2D eigenvalue weighted by molar-refractivity contribution is 0.278. The Balaban J connectivity index is 1.72. The molecule has 6 nitrogen and oxygen atoms in total. The third kappa shape index (κ3) is 5.52. The molecule has 0 N–H and O–H groups in total. The summed E-state index contributed by atoms with van der Waals surface area (Å²) < 4.78 is 28.1. The van der Waals surface area contributed by atoms with E-state index >= 15 is 0 Å². The van der Waals surface area contributed by atoms with E-state index in [1.807, 2.05) is 32.9 Å². The molecule has 186 valence electrons. The lowest BCUT2D eigenvalue weighted by Gasteiger charge is -2.21. The fourth-order valence-electron chi connectivity index (χ4n) is 3.59. The van der Waals surface area contributed by atoms with Crippen molar-refractivity contribution < 1.29 is 13.9 Å². The fourth-order valence-corrected chi connectivity index (χ4v) is 4.52. The van der Waals surface area contributed by atoms with Crippen LogP contribution in [0, 0.1) is 5.82 Å². The molecule has 0 radical (unpaired) electrons. The second-order valence-electron chi connectivity index (χ2n) is 9.12. The van der Waals surface area contributed by atoms with Gasteiger partial charge >= 0.3 is 0 Å². The number of halogens is 3. The summed E-state index contributed by atoms with van der Waals surface area (Å²) in [6, 6.07) is 15.4. The average molecular weight is 617 g/mol. The van der Waals surface area contributed by atoms with Crippen LogP contribution in [0.2, 0.25) is 0 Å². The van der Waals surface area contributed by atoms with Crippen molar-refractivity contribution in [1.29, 1.82) is 0 Å². The molecular formula is C27H24Br2FN3O3. The Hall–Kier alpha value is -3.04. The molecule has 0 bridgehead atoms. The van der Waals surface area contributed by atoms with Crippen LogP contribution in [0.25, 0.3) is 10.9 Å². The number of methoxy groups -OCH3 is 1. The van der Waals surface area contributed by atoms with E-state index < -0.39 is 5.41 Å². The van der Waals surface area contributed by atoms with Crippen molar-refractivity contribution in [3.8, 4) is 11.5 Å². The summed E-state index contributed by atoms with van der Waals surface area (Å²) >= 11 is 6.93. The molecule has 0 saturated carbocycles. The van der Waals surface area contributed by atoms with Gasteiger partial charge in [0.2, 0.25) is 0 Å². The Morgan fingerprint density at radius 3 is 2.56 bits per heavy atom. The number of rotatable bonds is 6. The molecule has 0 saturated heterocycles. The summed E-state index contributed by atoms with van der Waals surface area (Å²) in [5, 5.41) is 4.97. The minimum Gasteiger partial charge on any atom is -0.493 e. The summed E-state index contributed by atoms with van der Waals surface area (Å²) in [5.41, 5.74) is 1.01. The smallest absolute Gasteiger partial charge is 0.282 e. The zero-order valence-electron chi connectivity index (χ0n) is 20.2. The highest BCUT2D eigenvalue weighted by Crippen LogP contribution is 2.37. The molecule has 0 amide bonds. The number of fused-ring (bicyclic) bond motifs is 1. The third-order valence-electron chi connectivity index (χ3n) is 5.38. The van der Waals surface area contributed by atoms with Crippen LogP contribution < -0.4 is 15.0 Å². The number of ether oxygens (including phenoxy) is 2. The second-order valence-corrected chi connectivity index (χ2v) is 10.9. The van der Waals surface area contributed by atoms with Gasteiger partial charge in [0.15, 0.2) is 11.5 Å². The molecule has 1 aromatic heterocycles. The van der Waals surface area contributed by atoms with Crippen molar-refractivity contribution in [3.05, 3.63) is 96.7 Å². The number of hydrogen-bond donors (Lipinski definition) is 0. The molecule has 0 fully saturated rings. The van der Waals surface area contributed by atoms with Gasteiger partial charge in [0.1, 0.15) is 18.2 Å². The maximum absolute atomic E-state index is 14.0. The standard InChI is InChI=1S/C27H24Br2FN3O3/c1-27(2,3)26-32-22-10-9-18(28)13-19(22)25(34)33(26)31-14-16-11-20(29)24(23(12-16)35-4)36-15-17-7-5-6-8-21(17)30/h5-14H,15H2,1-4H3. The minimum absolute atomic E-state index is 0.0394. The van der Waals surface area contributed by atoms with E-state index in [1.165, 1.54) is 17.9 Å². The van der Waals surface area contributed by atoms with Crippen LogP contribution in [0.5, 0.6) is 11.5 Å². The lowest BCUT2D eigenvalue weighted by atomic mass is 9.95. The first-order chi connectivity index (χ1) is 17.1.